The molecule has 19 heavy (non-hydrogen) atoms. The van der Waals surface area contributed by atoms with E-state index in [-0.39, 0.29) is 0 Å². The van der Waals surface area contributed by atoms with Gasteiger partial charge in [0, 0.05) is 18.7 Å². The Balaban J connectivity index is 1.95. The maximum absolute atomic E-state index is 5.79. The van der Waals surface area contributed by atoms with Crippen LogP contribution in [0.15, 0.2) is 18.2 Å². The van der Waals surface area contributed by atoms with Crippen LogP contribution in [0.4, 0.5) is 0 Å². The second kappa shape index (κ2) is 5.93. The Hall–Kier alpha value is -1.06. The van der Waals surface area contributed by atoms with E-state index in [2.05, 4.69) is 37.4 Å². The first-order valence-corrected chi connectivity index (χ1v) is 7.18. The maximum atomic E-state index is 5.79. The second-order valence-corrected chi connectivity index (χ2v) is 6.03. The molecule has 1 saturated carbocycles. The zero-order chi connectivity index (χ0) is 13.9. The van der Waals surface area contributed by atoms with E-state index in [1.807, 2.05) is 0 Å². The maximum Gasteiger partial charge on any atom is 0.123 e. The summed E-state index contributed by atoms with van der Waals surface area (Å²) in [6.07, 6.45) is 2.53. The highest BCUT2D eigenvalue weighted by atomic mass is 16.5. The van der Waals surface area contributed by atoms with Crippen molar-refractivity contribution in [3.63, 3.8) is 0 Å². The van der Waals surface area contributed by atoms with E-state index in [0.29, 0.717) is 11.3 Å². The minimum Gasteiger partial charge on any atom is -0.496 e. The molecule has 0 spiro atoms. The van der Waals surface area contributed by atoms with Crippen molar-refractivity contribution in [2.24, 2.45) is 11.1 Å². The van der Waals surface area contributed by atoms with Crippen LogP contribution in [0, 0.1) is 5.41 Å². The van der Waals surface area contributed by atoms with Crippen molar-refractivity contribution in [3.8, 4) is 5.75 Å². The van der Waals surface area contributed by atoms with Gasteiger partial charge in [-0.1, -0.05) is 26.0 Å². The fraction of sp³-hybridized carbons (Fsp3) is 0.625. The van der Waals surface area contributed by atoms with Crippen molar-refractivity contribution in [2.75, 3.05) is 20.2 Å². The van der Waals surface area contributed by atoms with Crippen LogP contribution in [0.25, 0.3) is 0 Å². The predicted octanol–water partition coefficient (Wildman–Crippen LogP) is 2.65. The highest BCUT2D eigenvalue weighted by Gasteiger charge is 2.40. The van der Waals surface area contributed by atoms with E-state index in [9.17, 15) is 0 Å². The quantitative estimate of drug-likeness (QED) is 0.794. The van der Waals surface area contributed by atoms with Gasteiger partial charge in [-0.05, 0) is 42.3 Å². The average molecular weight is 262 g/mol. The number of methoxy groups -OCH3 is 1. The van der Waals surface area contributed by atoms with Crippen LogP contribution in [0.2, 0.25) is 0 Å². The lowest BCUT2D eigenvalue weighted by molar-refractivity contribution is 0.403. The molecule has 1 aliphatic carbocycles. The SMILES string of the molecule is COc1cc(C(C)C)ccc1CNCC1(CN)CC1. The van der Waals surface area contributed by atoms with E-state index < -0.39 is 0 Å². The highest BCUT2D eigenvalue weighted by molar-refractivity contribution is 5.38. The van der Waals surface area contributed by atoms with E-state index in [1.165, 1.54) is 24.0 Å². The molecule has 1 aromatic carbocycles. The molecule has 0 bridgehead atoms. The summed E-state index contributed by atoms with van der Waals surface area (Å²) in [7, 11) is 1.74. The molecular weight excluding hydrogens is 236 g/mol. The number of benzene rings is 1. The molecule has 0 amide bonds. The summed E-state index contributed by atoms with van der Waals surface area (Å²) < 4.78 is 5.50. The molecule has 3 heteroatoms. The van der Waals surface area contributed by atoms with Gasteiger partial charge in [-0.3, -0.25) is 0 Å². The molecule has 106 valence electrons. The number of hydrogen-bond donors (Lipinski definition) is 2. The van der Waals surface area contributed by atoms with E-state index in [0.717, 1.165) is 25.4 Å². The fourth-order valence-corrected chi connectivity index (χ4v) is 2.36. The van der Waals surface area contributed by atoms with E-state index in [4.69, 9.17) is 10.5 Å². The largest absolute Gasteiger partial charge is 0.496 e. The molecule has 0 aliphatic heterocycles. The number of rotatable bonds is 7. The van der Waals surface area contributed by atoms with Crippen LogP contribution in [0.5, 0.6) is 5.75 Å². The normalized spacial score (nSPS) is 16.7. The third kappa shape index (κ3) is 3.48. The van der Waals surface area contributed by atoms with Gasteiger partial charge >= 0.3 is 0 Å². The summed E-state index contributed by atoms with van der Waals surface area (Å²) in [5.74, 6) is 1.51. The standard InChI is InChI=1S/C16H26N2O/c1-12(2)13-4-5-14(15(8-13)19-3)9-18-11-16(10-17)6-7-16/h4-5,8,12,18H,6-7,9-11,17H2,1-3H3. The van der Waals surface area contributed by atoms with Gasteiger partial charge in [-0.2, -0.15) is 0 Å². The summed E-state index contributed by atoms with van der Waals surface area (Å²) in [5.41, 5.74) is 8.72. The summed E-state index contributed by atoms with van der Waals surface area (Å²) >= 11 is 0. The first kappa shape index (κ1) is 14.4. The van der Waals surface area contributed by atoms with Crippen LogP contribution in [0.1, 0.15) is 43.7 Å². The Morgan fingerprint density at radius 2 is 2.11 bits per heavy atom. The van der Waals surface area contributed by atoms with Crippen LogP contribution >= 0.6 is 0 Å². The van der Waals surface area contributed by atoms with Gasteiger partial charge in [0.1, 0.15) is 5.75 Å². The lowest BCUT2D eigenvalue weighted by atomic mass is 10.0. The first-order chi connectivity index (χ1) is 9.10. The third-order valence-corrected chi connectivity index (χ3v) is 4.18. The molecular formula is C16H26N2O. The van der Waals surface area contributed by atoms with Gasteiger partial charge in [0.2, 0.25) is 0 Å². The van der Waals surface area contributed by atoms with Crippen molar-refractivity contribution >= 4 is 0 Å². The van der Waals surface area contributed by atoms with Crippen molar-refractivity contribution < 1.29 is 4.74 Å². The Kier molecular flexibility index (Phi) is 4.48. The summed E-state index contributed by atoms with van der Waals surface area (Å²) in [5, 5.41) is 3.52. The van der Waals surface area contributed by atoms with Crippen molar-refractivity contribution in [3.05, 3.63) is 29.3 Å². The molecule has 0 aromatic heterocycles. The molecule has 0 saturated heterocycles. The van der Waals surface area contributed by atoms with Crippen molar-refractivity contribution in [1.82, 2.24) is 5.32 Å². The second-order valence-electron chi connectivity index (χ2n) is 6.03. The Morgan fingerprint density at radius 3 is 2.63 bits per heavy atom. The van der Waals surface area contributed by atoms with Crippen LogP contribution in [-0.4, -0.2) is 20.2 Å². The molecule has 2 rings (SSSR count). The zero-order valence-electron chi connectivity index (χ0n) is 12.3. The van der Waals surface area contributed by atoms with Crippen molar-refractivity contribution in [1.29, 1.82) is 0 Å². The minimum atomic E-state index is 0.380. The van der Waals surface area contributed by atoms with Gasteiger partial charge < -0.3 is 15.8 Å². The smallest absolute Gasteiger partial charge is 0.123 e. The predicted molar refractivity (Wildman–Crippen MR) is 79.5 cm³/mol. The molecule has 0 unspecified atom stereocenters. The molecule has 0 atom stereocenters. The summed E-state index contributed by atoms with van der Waals surface area (Å²) in [6, 6.07) is 6.51. The molecule has 1 aromatic rings. The molecule has 3 N–H and O–H groups in total. The zero-order valence-corrected chi connectivity index (χ0v) is 12.3. The molecule has 1 fully saturated rings. The average Bonchev–Trinajstić information content (AvgIpc) is 3.19. The van der Waals surface area contributed by atoms with Gasteiger partial charge in [0.05, 0.1) is 7.11 Å². The Labute approximate surface area is 116 Å². The first-order valence-electron chi connectivity index (χ1n) is 7.18. The Bertz CT molecular complexity index is 425. The number of nitrogens with one attached hydrogen (secondary N) is 1. The molecule has 0 heterocycles. The van der Waals surface area contributed by atoms with E-state index >= 15 is 0 Å². The lowest BCUT2D eigenvalue weighted by Gasteiger charge is -2.16. The molecule has 0 radical (unpaired) electrons. The lowest BCUT2D eigenvalue weighted by Crippen LogP contribution is -2.29. The topological polar surface area (TPSA) is 47.3 Å². The van der Waals surface area contributed by atoms with Crippen LogP contribution in [-0.2, 0) is 6.54 Å². The van der Waals surface area contributed by atoms with Gasteiger partial charge in [-0.15, -0.1) is 0 Å². The summed E-state index contributed by atoms with van der Waals surface area (Å²) in [6.45, 7) is 7.06. The number of hydrogen-bond acceptors (Lipinski definition) is 3. The van der Waals surface area contributed by atoms with Gasteiger partial charge in [0.15, 0.2) is 0 Å². The van der Waals surface area contributed by atoms with Gasteiger partial charge in [-0.25, -0.2) is 0 Å². The van der Waals surface area contributed by atoms with E-state index in [1.54, 1.807) is 7.11 Å². The van der Waals surface area contributed by atoms with Crippen LogP contribution in [0.3, 0.4) is 0 Å². The monoisotopic (exact) mass is 262 g/mol. The molecule has 3 nitrogen and oxygen atoms in total. The summed E-state index contributed by atoms with van der Waals surface area (Å²) in [4.78, 5) is 0. The molecule has 1 aliphatic rings. The van der Waals surface area contributed by atoms with Crippen molar-refractivity contribution in [2.45, 2.75) is 39.2 Å². The fourth-order valence-electron chi connectivity index (χ4n) is 2.36. The minimum absolute atomic E-state index is 0.380. The number of ether oxygens (including phenoxy) is 1. The highest BCUT2D eigenvalue weighted by Crippen LogP contribution is 2.43. The van der Waals surface area contributed by atoms with Gasteiger partial charge in [0.25, 0.3) is 0 Å². The van der Waals surface area contributed by atoms with Crippen LogP contribution < -0.4 is 15.8 Å². The number of nitrogens with two attached hydrogens (primary N) is 1. The third-order valence-electron chi connectivity index (χ3n) is 4.18. The Morgan fingerprint density at radius 1 is 1.37 bits per heavy atom.